The van der Waals surface area contributed by atoms with Gasteiger partial charge in [-0.3, -0.25) is 0 Å². The van der Waals surface area contributed by atoms with Crippen molar-refractivity contribution in [1.29, 1.82) is 0 Å². The standard InChI is InChI=1S/C7H13NO4/c1-8(2,3)4-5-12-7(11)6(9)10/h4-5H2,1-3H3/p+1. The molecule has 0 heterocycles. The molecule has 0 radical (unpaired) electrons. The van der Waals surface area contributed by atoms with Gasteiger partial charge in [0.25, 0.3) is 0 Å². The minimum absolute atomic E-state index is 0.134. The molecule has 12 heavy (non-hydrogen) atoms. The molecule has 0 fully saturated rings. The third kappa shape index (κ3) is 5.67. The van der Waals surface area contributed by atoms with E-state index in [2.05, 4.69) is 4.74 Å². The Balaban J connectivity index is 3.58. The number of hydrogen-bond donors (Lipinski definition) is 1. The van der Waals surface area contributed by atoms with Gasteiger partial charge in [0.05, 0.1) is 21.1 Å². The minimum Gasteiger partial charge on any atom is -0.473 e. The molecule has 0 aromatic heterocycles. The Morgan fingerprint density at radius 2 is 1.83 bits per heavy atom. The maximum atomic E-state index is 10.4. The lowest BCUT2D eigenvalue weighted by molar-refractivity contribution is -0.870. The van der Waals surface area contributed by atoms with Gasteiger partial charge >= 0.3 is 11.9 Å². The molecule has 0 aromatic carbocycles. The molecular weight excluding hydrogens is 162 g/mol. The van der Waals surface area contributed by atoms with E-state index in [0.717, 1.165) is 0 Å². The van der Waals surface area contributed by atoms with Gasteiger partial charge in [-0.2, -0.15) is 0 Å². The lowest BCUT2D eigenvalue weighted by Crippen LogP contribution is -2.38. The van der Waals surface area contributed by atoms with Crippen LogP contribution in [0.25, 0.3) is 0 Å². The fraction of sp³-hybridized carbons (Fsp3) is 0.714. The molecular formula is C7H14NO4+. The Morgan fingerprint density at radius 3 is 2.17 bits per heavy atom. The van der Waals surface area contributed by atoms with E-state index in [1.807, 2.05) is 21.1 Å². The molecule has 0 saturated heterocycles. The highest BCUT2D eigenvalue weighted by molar-refractivity contribution is 6.28. The number of carbonyl (C=O) groups is 2. The van der Waals surface area contributed by atoms with E-state index in [1.165, 1.54) is 0 Å². The van der Waals surface area contributed by atoms with Crippen molar-refractivity contribution in [2.24, 2.45) is 0 Å². The number of esters is 1. The number of quaternary nitrogens is 1. The highest BCUT2D eigenvalue weighted by Crippen LogP contribution is 1.89. The van der Waals surface area contributed by atoms with Crippen molar-refractivity contribution >= 4 is 11.9 Å². The number of likely N-dealkylation sites (N-methyl/N-ethyl adjacent to an activating group) is 1. The van der Waals surface area contributed by atoms with Crippen LogP contribution in [-0.2, 0) is 14.3 Å². The summed E-state index contributed by atoms with van der Waals surface area (Å²) >= 11 is 0. The zero-order chi connectivity index (χ0) is 9.78. The molecule has 0 spiro atoms. The third-order valence-corrected chi connectivity index (χ3v) is 1.17. The van der Waals surface area contributed by atoms with Crippen LogP contribution in [0, 0.1) is 0 Å². The van der Waals surface area contributed by atoms with E-state index in [1.54, 1.807) is 0 Å². The number of carbonyl (C=O) groups excluding carboxylic acids is 1. The van der Waals surface area contributed by atoms with Crippen molar-refractivity contribution in [2.75, 3.05) is 34.3 Å². The second-order valence-electron chi connectivity index (χ2n) is 3.46. The van der Waals surface area contributed by atoms with Gasteiger partial charge in [-0.05, 0) is 0 Å². The first-order chi connectivity index (χ1) is 5.33. The van der Waals surface area contributed by atoms with Crippen LogP contribution in [0.15, 0.2) is 0 Å². The van der Waals surface area contributed by atoms with Crippen LogP contribution in [0.5, 0.6) is 0 Å². The summed E-state index contributed by atoms with van der Waals surface area (Å²) in [7, 11) is 5.78. The van der Waals surface area contributed by atoms with Crippen molar-refractivity contribution in [3.8, 4) is 0 Å². The Morgan fingerprint density at radius 1 is 1.33 bits per heavy atom. The average Bonchev–Trinajstić information content (AvgIpc) is 1.84. The van der Waals surface area contributed by atoms with Crippen LogP contribution in [0.1, 0.15) is 0 Å². The second-order valence-corrected chi connectivity index (χ2v) is 3.46. The average molecular weight is 176 g/mol. The number of nitrogens with zero attached hydrogens (tertiary/aromatic N) is 1. The zero-order valence-corrected chi connectivity index (χ0v) is 7.53. The number of ether oxygens (including phenoxy) is 1. The molecule has 0 unspecified atom stereocenters. The molecule has 0 aliphatic heterocycles. The Kier molecular flexibility index (Phi) is 3.69. The van der Waals surface area contributed by atoms with Crippen molar-refractivity contribution in [2.45, 2.75) is 0 Å². The van der Waals surface area contributed by atoms with E-state index in [9.17, 15) is 9.59 Å². The van der Waals surface area contributed by atoms with Crippen LogP contribution < -0.4 is 0 Å². The Labute approximate surface area is 71.1 Å². The first-order valence-electron chi connectivity index (χ1n) is 3.53. The molecule has 0 aliphatic carbocycles. The van der Waals surface area contributed by atoms with E-state index < -0.39 is 11.9 Å². The maximum absolute atomic E-state index is 10.4. The summed E-state index contributed by atoms with van der Waals surface area (Å²) < 4.78 is 5.06. The largest absolute Gasteiger partial charge is 0.473 e. The van der Waals surface area contributed by atoms with Crippen LogP contribution in [0.2, 0.25) is 0 Å². The third-order valence-electron chi connectivity index (χ3n) is 1.17. The molecule has 1 N–H and O–H groups in total. The predicted molar refractivity (Wildman–Crippen MR) is 41.5 cm³/mol. The van der Waals surface area contributed by atoms with Gasteiger partial charge in [-0.25, -0.2) is 9.59 Å². The smallest absolute Gasteiger partial charge is 0.417 e. The summed E-state index contributed by atoms with van der Waals surface area (Å²) in [5.41, 5.74) is 0. The monoisotopic (exact) mass is 176 g/mol. The van der Waals surface area contributed by atoms with Crippen molar-refractivity contribution < 1.29 is 23.9 Å². The van der Waals surface area contributed by atoms with Gasteiger partial charge in [0, 0.05) is 0 Å². The number of aliphatic carboxylic acids is 1. The molecule has 5 heteroatoms. The Hall–Kier alpha value is -1.10. The molecule has 0 saturated carbocycles. The van der Waals surface area contributed by atoms with Gasteiger partial charge in [0.2, 0.25) is 0 Å². The first kappa shape index (κ1) is 10.9. The molecule has 70 valence electrons. The van der Waals surface area contributed by atoms with Crippen LogP contribution >= 0.6 is 0 Å². The summed E-state index contributed by atoms with van der Waals surface area (Å²) in [4.78, 5) is 20.4. The normalized spacial score (nSPS) is 10.9. The van der Waals surface area contributed by atoms with Gasteiger partial charge in [-0.15, -0.1) is 0 Å². The second kappa shape index (κ2) is 4.06. The number of carboxylic acid groups (broad SMARTS) is 1. The predicted octanol–water partition coefficient (Wildman–Crippen LogP) is -0.680. The summed E-state index contributed by atoms with van der Waals surface area (Å²) in [6, 6.07) is 0. The molecule has 5 nitrogen and oxygen atoms in total. The fourth-order valence-corrected chi connectivity index (χ4v) is 0.474. The van der Waals surface area contributed by atoms with Gasteiger partial charge < -0.3 is 14.3 Å². The lowest BCUT2D eigenvalue weighted by atomic mass is 10.5. The van der Waals surface area contributed by atoms with E-state index in [-0.39, 0.29) is 6.61 Å². The number of rotatable bonds is 3. The maximum Gasteiger partial charge on any atom is 0.417 e. The molecule has 0 amide bonds. The summed E-state index contributed by atoms with van der Waals surface area (Å²) in [6.07, 6.45) is 0. The van der Waals surface area contributed by atoms with Crippen molar-refractivity contribution in [3.63, 3.8) is 0 Å². The molecule has 0 rings (SSSR count). The van der Waals surface area contributed by atoms with Gasteiger partial charge in [-0.1, -0.05) is 0 Å². The molecule has 0 aliphatic rings. The fourth-order valence-electron chi connectivity index (χ4n) is 0.474. The summed E-state index contributed by atoms with van der Waals surface area (Å²) in [5.74, 6) is -2.74. The quantitative estimate of drug-likeness (QED) is 0.351. The Bertz CT molecular complexity index is 182. The lowest BCUT2D eigenvalue weighted by Gasteiger charge is -2.22. The number of carboxylic acids is 1. The van der Waals surface area contributed by atoms with Crippen LogP contribution in [0.3, 0.4) is 0 Å². The van der Waals surface area contributed by atoms with Crippen LogP contribution in [0.4, 0.5) is 0 Å². The van der Waals surface area contributed by atoms with E-state index >= 15 is 0 Å². The molecule has 0 aromatic rings. The van der Waals surface area contributed by atoms with E-state index in [4.69, 9.17) is 5.11 Å². The van der Waals surface area contributed by atoms with Crippen molar-refractivity contribution in [1.82, 2.24) is 0 Å². The molecule has 0 bridgehead atoms. The first-order valence-corrected chi connectivity index (χ1v) is 3.53. The minimum atomic E-state index is -1.54. The van der Waals surface area contributed by atoms with Crippen LogP contribution in [-0.4, -0.2) is 55.8 Å². The van der Waals surface area contributed by atoms with Crippen molar-refractivity contribution in [3.05, 3.63) is 0 Å². The molecule has 0 atom stereocenters. The van der Waals surface area contributed by atoms with Gasteiger partial charge in [0.1, 0.15) is 13.2 Å². The highest BCUT2D eigenvalue weighted by atomic mass is 16.6. The van der Waals surface area contributed by atoms with Gasteiger partial charge in [0.15, 0.2) is 0 Å². The van der Waals surface area contributed by atoms with E-state index in [0.29, 0.717) is 11.0 Å². The summed E-state index contributed by atoms with van der Waals surface area (Å²) in [6.45, 7) is 0.730. The topological polar surface area (TPSA) is 63.6 Å². The highest BCUT2D eigenvalue weighted by Gasteiger charge is 2.14. The number of hydrogen-bond acceptors (Lipinski definition) is 3. The zero-order valence-electron chi connectivity index (χ0n) is 7.53. The SMILES string of the molecule is C[N+](C)(C)CCOC(=O)C(=O)O. The summed E-state index contributed by atoms with van der Waals surface area (Å²) in [5, 5.41) is 8.13.